The average Bonchev–Trinajstić information content (AvgIpc) is 2.42. The molecule has 3 rings (SSSR count). The van der Waals surface area contributed by atoms with Gasteiger partial charge in [-0.15, -0.1) is 11.6 Å². The molecule has 2 aromatic carbocycles. The van der Waals surface area contributed by atoms with Crippen LogP contribution in [0.5, 0.6) is 0 Å². The minimum absolute atomic E-state index is 0.115. The number of aryl methyl sites for hydroxylation is 1. The molecule has 0 amide bonds. The highest BCUT2D eigenvalue weighted by Gasteiger charge is 2.27. The second-order valence-corrected chi connectivity index (χ2v) is 6.14. The third-order valence-electron chi connectivity index (χ3n) is 3.94. The molecule has 0 nitrogen and oxygen atoms in total. The van der Waals surface area contributed by atoms with Crippen molar-refractivity contribution in [3.63, 3.8) is 0 Å². The molecule has 0 aliphatic heterocycles. The lowest BCUT2D eigenvalue weighted by molar-refractivity contribution is 0.442. The van der Waals surface area contributed by atoms with Crippen LogP contribution in [0.4, 0.5) is 0 Å². The fraction of sp³-hybridized carbons (Fsp3) is 0.294. The molecule has 0 saturated heterocycles. The maximum atomic E-state index is 6.67. The molecule has 0 saturated carbocycles. The topological polar surface area (TPSA) is 0 Å². The highest BCUT2D eigenvalue weighted by Crippen LogP contribution is 2.40. The first-order chi connectivity index (χ1) is 9.24. The summed E-state index contributed by atoms with van der Waals surface area (Å²) in [7, 11) is 0. The van der Waals surface area contributed by atoms with Crippen molar-refractivity contribution in [2.75, 3.05) is 0 Å². The molecule has 98 valence electrons. The molecule has 2 unspecified atom stereocenters. The van der Waals surface area contributed by atoms with E-state index in [0.29, 0.717) is 5.92 Å². The summed E-state index contributed by atoms with van der Waals surface area (Å²) in [4.78, 5) is 0. The SMILES string of the molecule is Clc1cccc(CC2CCc3ccccc3C2Cl)c1. The maximum Gasteiger partial charge on any atom is 0.0619 e. The molecule has 2 heteroatoms. The van der Waals surface area contributed by atoms with E-state index in [1.54, 1.807) is 0 Å². The molecule has 2 atom stereocenters. The Kier molecular flexibility index (Phi) is 3.81. The van der Waals surface area contributed by atoms with E-state index < -0.39 is 0 Å². The van der Waals surface area contributed by atoms with Gasteiger partial charge in [-0.1, -0.05) is 48.0 Å². The summed E-state index contributed by atoms with van der Waals surface area (Å²) < 4.78 is 0. The molecule has 2 aromatic rings. The lowest BCUT2D eigenvalue weighted by atomic mass is 9.80. The zero-order valence-electron chi connectivity index (χ0n) is 10.7. The minimum Gasteiger partial charge on any atom is -0.117 e. The normalized spacial score (nSPS) is 22.0. The third-order valence-corrected chi connectivity index (χ3v) is 4.76. The van der Waals surface area contributed by atoms with Crippen molar-refractivity contribution in [3.8, 4) is 0 Å². The van der Waals surface area contributed by atoms with Gasteiger partial charge in [0.25, 0.3) is 0 Å². The summed E-state index contributed by atoms with van der Waals surface area (Å²) in [6.07, 6.45) is 3.28. The predicted molar refractivity (Wildman–Crippen MR) is 82.0 cm³/mol. The van der Waals surface area contributed by atoms with Gasteiger partial charge in [0.05, 0.1) is 5.38 Å². The van der Waals surface area contributed by atoms with Gasteiger partial charge < -0.3 is 0 Å². The number of halogens is 2. The largest absolute Gasteiger partial charge is 0.117 e. The second kappa shape index (κ2) is 5.56. The Morgan fingerprint density at radius 3 is 2.74 bits per heavy atom. The lowest BCUT2D eigenvalue weighted by Crippen LogP contribution is -2.19. The van der Waals surface area contributed by atoms with Crippen LogP contribution in [0.15, 0.2) is 48.5 Å². The number of hydrogen-bond acceptors (Lipinski definition) is 0. The Morgan fingerprint density at radius 1 is 1.05 bits per heavy atom. The Labute approximate surface area is 124 Å². The monoisotopic (exact) mass is 290 g/mol. The van der Waals surface area contributed by atoms with Crippen LogP contribution in [-0.2, 0) is 12.8 Å². The van der Waals surface area contributed by atoms with Crippen LogP contribution in [0, 0.1) is 5.92 Å². The molecule has 19 heavy (non-hydrogen) atoms. The van der Waals surface area contributed by atoms with Gasteiger partial charge in [0.1, 0.15) is 0 Å². The van der Waals surface area contributed by atoms with Crippen LogP contribution in [0.2, 0.25) is 5.02 Å². The molecule has 0 heterocycles. The Bertz CT molecular complexity index is 577. The van der Waals surface area contributed by atoms with Crippen LogP contribution >= 0.6 is 23.2 Å². The number of rotatable bonds is 2. The number of alkyl halides is 1. The van der Waals surface area contributed by atoms with Gasteiger partial charge in [0.15, 0.2) is 0 Å². The van der Waals surface area contributed by atoms with Gasteiger partial charge in [0.2, 0.25) is 0 Å². The van der Waals surface area contributed by atoms with Crippen molar-refractivity contribution in [3.05, 3.63) is 70.2 Å². The van der Waals surface area contributed by atoms with Gasteiger partial charge in [0, 0.05) is 5.02 Å². The molecule has 1 aliphatic rings. The Morgan fingerprint density at radius 2 is 1.89 bits per heavy atom. The molecule has 0 radical (unpaired) electrons. The van der Waals surface area contributed by atoms with E-state index in [4.69, 9.17) is 23.2 Å². The van der Waals surface area contributed by atoms with Crippen LogP contribution in [-0.4, -0.2) is 0 Å². The summed E-state index contributed by atoms with van der Waals surface area (Å²) >= 11 is 12.7. The third kappa shape index (κ3) is 2.80. The summed E-state index contributed by atoms with van der Waals surface area (Å²) in [5, 5.41) is 0.920. The highest BCUT2D eigenvalue weighted by atomic mass is 35.5. The molecule has 0 bridgehead atoms. The van der Waals surface area contributed by atoms with Crippen LogP contribution < -0.4 is 0 Å². The zero-order valence-corrected chi connectivity index (χ0v) is 12.2. The Balaban J connectivity index is 1.81. The summed E-state index contributed by atoms with van der Waals surface area (Å²) in [6.45, 7) is 0. The van der Waals surface area contributed by atoms with Crippen molar-refractivity contribution in [2.24, 2.45) is 5.92 Å². The van der Waals surface area contributed by atoms with Crippen molar-refractivity contribution >= 4 is 23.2 Å². The minimum atomic E-state index is 0.115. The summed E-state index contributed by atoms with van der Waals surface area (Å²) in [5.41, 5.74) is 4.00. The van der Waals surface area contributed by atoms with Crippen molar-refractivity contribution in [2.45, 2.75) is 24.6 Å². The maximum absolute atomic E-state index is 6.67. The van der Waals surface area contributed by atoms with Crippen LogP contribution in [0.3, 0.4) is 0 Å². The molecule has 0 N–H and O–H groups in total. The smallest absolute Gasteiger partial charge is 0.0619 e. The molecule has 1 aliphatic carbocycles. The summed E-state index contributed by atoms with van der Waals surface area (Å²) in [6, 6.07) is 16.6. The van der Waals surface area contributed by atoms with Gasteiger partial charge in [-0.2, -0.15) is 0 Å². The van der Waals surface area contributed by atoms with Gasteiger partial charge >= 0.3 is 0 Å². The van der Waals surface area contributed by atoms with E-state index in [9.17, 15) is 0 Å². The van der Waals surface area contributed by atoms with E-state index in [-0.39, 0.29) is 5.38 Å². The fourth-order valence-electron chi connectivity index (χ4n) is 2.94. The number of hydrogen-bond donors (Lipinski definition) is 0. The molecule has 0 spiro atoms. The average molecular weight is 291 g/mol. The van der Waals surface area contributed by atoms with Crippen molar-refractivity contribution in [1.82, 2.24) is 0 Å². The van der Waals surface area contributed by atoms with E-state index >= 15 is 0 Å². The Hall–Kier alpha value is -0.980. The van der Waals surface area contributed by atoms with E-state index in [1.807, 2.05) is 18.2 Å². The first kappa shape index (κ1) is 13.0. The zero-order chi connectivity index (χ0) is 13.2. The molecule has 0 fully saturated rings. The van der Waals surface area contributed by atoms with E-state index in [1.165, 1.54) is 16.7 Å². The molecular weight excluding hydrogens is 275 g/mol. The summed E-state index contributed by atoms with van der Waals surface area (Å²) in [5.74, 6) is 0.495. The highest BCUT2D eigenvalue weighted by molar-refractivity contribution is 6.30. The van der Waals surface area contributed by atoms with Crippen molar-refractivity contribution in [1.29, 1.82) is 0 Å². The first-order valence-electron chi connectivity index (χ1n) is 6.70. The first-order valence-corrected chi connectivity index (χ1v) is 7.52. The number of benzene rings is 2. The lowest BCUT2D eigenvalue weighted by Gasteiger charge is -2.29. The molecule has 0 aromatic heterocycles. The van der Waals surface area contributed by atoms with E-state index in [0.717, 1.165) is 24.3 Å². The van der Waals surface area contributed by atoms with Gasteiger partial charge in [-0.05, 0) is 54.0 Å². The van der Waals surface area contributed by atoms with Gasteiger partial charge in [-0.25, -0.2) is 0 Å². The quantitative estimate of drug-likeness (QED) is 0.648. The molecular formula is C17H16Cl2. The van der Waals surface area contributed by atoms with Crippen molar-refractivity contribution < 1.29 is 0 Å². The van der Waals surface area contributed by atoms with Crippen LogP contribution in [0.25, 0.3) is 0 Å². The fourth-order valence-corrected chi connectivity index (χ4v) is 3.59. The van der Waals surface area contributed by atoms with E-state index in [2.05, 4.69) is 30.3 Å². The van der Waals surface area contributed by atoms with Crippen LogP contribution in [0.1, 0.15) is 28.5 Å². The van der Waals surface area contributed by atoms with Gasteiger partial charge in [-0.3, -0.25) is 0 Å². The number of fused-ring (bicyclic) bond motifs is 1. The second-order valence-electron chi connectivity index (χ2n) is 5.23. The predicted octanol–water partition coefficient (Wildman–Crippen LogP) is 5.43. The standard InChI is InChI=1S/C17H16Cl2/c18-15-6-3-4-12(11-15)10-14-9-8-13-5-1-2-7-16(13)17(14)19/h1-7,11,14,17H,8-10H2.